The first-order valence-corrected chi connectivity index (χ1v) is 6.92. The van der Waals surface area contributed by atoms with Crippen molar-refractivity contribution in [2.24, 2.45) is 0 Å². The maximum Gasteiger partial charge on any atom is 0.190 e. The molecule has 0 aliphatic heterocycles. The fraction of sp³-hybridized carbons (Fsp3) is 0.0556. The van der Waals surface area contributed by atoms with Gasteiger partial charge in [0.25, 0.3) is 0 Å². The van der Waals surface area contributed by atoms with Crippen LogP contribution in [-0.2, 0) is 0 Å². The van der Waals surface area contributed by atoms with Crippen molar-refractivity contribution in [3.05, 3.63) is 71.0 Å². The fourth-order valence-electron chi connectivity index (χ4n) is 2.96. The highest BCUT2D eigenvalue weighted by Gasteiger charge is 2.08. The maximum atomic E-state index is 12.4. The van der Waals surface area contributed by atoms with E-state index in [0.29, 0.717) is 0 Å². The van der Waals surface area contributed by atoms with E-state index in [9.17, 15) is 4.79 Å². The Morgan fingerprint density at radius 1 is 0.905 bits per heavy atom. The van der Waals surface area contributed by atoms with Crippen LogP contribution in [-0.4, -0.2) is 11.7 Å². The van der Waals surface area contributed by atoms with Crippen LogP contribution in [0.5, 0.6) is 0 Å². The molecule has 0 atom stereocenters. The molecule has 21 heavy (non-hydrogen) atoms. The smallest absolute Gasteiger partial charge is 0.190 e. The Hall–Kier alpha value is -2.81. The zero-order valence-electron chi connectivity index (χ0n) is 11.6. The minimum Gasteiger partial charge on any atom is -0.329 e. The van der Waals surface area contributed by atoms with Crippen LogP contribution in [0.15, 0.2) is 65.6 Å². The lowest BCUT2D eigenvalue weighted by molar-refractivity contribution is 0.959. The average Bonchev–Trinajstić information content (AvgIpc) is 2.53. The highest BCUT2D eigenvalue weighted by atomic mass is 16.1. The van der Waals surface area contributed by atoms with Crippen LogP contribution in [0.25, 0.3) is 32.4 Å². The van der Waals surface area contributed by atoms with Crippen LogP contribution >= 0.6 is 0 Å². The van der Waals surface area contributed by atoms with Crippen LogP contribution in [0.3, 0.4) is 0 Å². The molecule has 1 aromatic heterocycles. The summed E-state index contributed by atoms with van der Waals surface area (Å²) >= 11 is 0. The molecule has 0 amide bonds. The number of nitrogens with zero attached hydrogens (tertiary/aromatic N) is 1. The Morgan fingerprint density at radius 3 is 2.43 bits per heavy atom. The molecular weight excluding hydrogens is 260 g/mol. The number of nitrogens with one attached hydrogen (secondary N) is 1. The predicted octanol–water partition coefficient (Wildman–Crippen LogP) is 3.48. The molecule has 3 nitrogen and oxygen atoms in total. The standard InChI is InChI=1S/C18H14N2O/c1-19-20-9-8-17(21)18-15-11-13-5-3-2-4-12(13)10-14(15)6-7-16(18)20/h2-11,19H,1H3. The predicted molar refractivity (Wildman–Crippen MR) is 88.5 cm³/mol. The van der Waals surface area contributed by atoms with Gasteiger partial charge in [-0.05, 0) is 39.7 Å². The molecule has 1 heterocycles. The van der Waals surface area contributed by atoms with Gasteiger partial charge in [0, 0.05) is 19.3 Å². The fourth-order valence-corrected chi connectivity index (χ4v) is 2.96. The summed E-state index contributed by atoms with van der Waals surface area (Å²) in [5.74, 6) is 0. The third kappa shape index (κ3) is 1.71. The molecule has 3 heteroatoms. The van der Waals surface area contributed by atoms with Crippen LogP contribution in [0.2, 0.25) is 0 Å². The highest BCUT2D eigenvalue weighted by molar-refractivity contribution is 6.11. The van der Waals surface area contributed by atoms with Gasteiger partial charge in [0.15, 0.2) is 5.43 Å². The number of hydrogen-bond donors (Lipinski definition) is 1. The Labute approximate surface area is 121 Å². The SMILES string of the molecule is CNn1ccc(=O)c2c3cc4ccccc4cc3ccc21. The van der Waals surface area contributed by atoms with Crippen LogP contribution in [0, 0.1) is 0 Å². The molecule has 3 aromatic carbocycles. The van der Waals surface area contributed by atoms with Crippen molar-refractivity contribution in [3.8, 4) is 0 Å². The first kappa shape index (κ1) is 12.0. The molecule has 0 aliphatic rings. The first-order valence-electron chi connectivity index (χ1n) is 6.92. The van der Waals surface area contributed by atoms with Crippen molar-refractivity contribution in [1.29, 1.82) is 0 Å². The number of pyridine rings is 1. The van der Waals surface area contributed by atoms with Crippen molar-refractivity contribution in [2.45, 2.75) is 0 Å². The van der Waals surface area contributed by atoms with Crippen LogP contribution in [0.4, 0.5) is 0 Å². The summed E-state index contributed by atoms with van der Waals surface area (Å²) in [6.07, 6.45) is 1.76. The van der Waals surface area contributed by atoms with Gasteiger partial charge < -0.3 is 5.43 Å². The van der Waals surface area contributed by atoms with E-state index in [1.165, 1.54) is 5.39 Å². The Balaban J connectivity index is 2.27. The summed E-state index contributed by atoms with van der Waals surface area (Å²) in [6, 6.07) is 18.1. The molecule has 0 radical (unpaired) electrons. The molecule has 1 N–H and O–H groups in total. The van der Waals surface area contributed by atoms with Gasteiger partial charge in [-0.15, -0.1) is 0 Å². The van der Waals surface area contributed by atoms with Crippen molar-refractivity contribution in [1.82, 2.24) is 4.68 Å². The minimum absolute atomic E-state index is 0.0531. The summed E-state index contributed by atoms with van der Waals surface area (Å²) in [4.78, 5) is 12.4. The van der Waals surface area contributed by atoms with Gasteiger partial charge in [-0.3, -0.25) is 9.47 Å². The van der Waals surface area contributed by atoms with Gasteiger partial charge >= 0.3 is 0 Å². The van der Waals surface area contributed by atoms with Crippen molar-refractivity contribution in [3.63, 3.8) is 0 Å². The van der Waals surface area contributed by atoms with E-state index in [1.54, 1.807) is 12.3 Å². The summed E-state index contributed by atoms with van der Waals surface area (Å²) in [7, 11) is 1.84. The quantitative estimate of drug-likeness (QED) is 0.426. The average molecular weight is 274 g/mol. The van der Waals surface area contributed by atoms with Crippen molar-refractivity contribution < 1.29 is 0 Å². The number of hydrogen-bond acceptors (Lipinski definition) is 2. The third-order valence-electron chi connectivity index (χ3n) is 3.99. The van der Waals surface area contributed by atoms with Gasteiger partial charge in [0.05, 0.1) is 10.9 Å². The van der Waals surface area contributed by atoms with E-state index in [1.807, 2.05) is 29.9 Å². The molecule has 0 fully saturated rings. The molecule has 4 aromatic rings. The van der Waals surface area contributed by atoms with E-state index in [4.69, 9.17) is 0 Å². The van der Waals surface area contributed by atoms with Crippen molar-refractivity contribution in [2.75, 3.05) is 12.5 Å². The number of rotatable bonds is 1. The molecule has 102 valence electrons. The summed E-state index contributed by atoms with van der Waals surface area (Å²) in [5.41, 5.74) is 4.03. The van der Waals surface area contributed by atoms with Gasteiger partial charge in [-0.2, -0.15) is 0 Å². The van der Waals surface area contributed by atoms with Gasteiger partial charge in [0.1, 0.15) is 0 Å². The van der Waals surface area contributed by atoms with Crippen LogP contribution in [0.1, 0.15) is 0 Å². The van der Waals surface area contributed by atoms with E-state index in [-0.39, 0.29) is 5.43 Å². The van der Waals surface area contributed by atoms with Gasteiger partial charge in [0.2, 0.25) is 0 Å². The topological polar surface area (TPSA) is 34.0 Å². The lowest BCUT2D eigenvalue weighted by Crippen LogP contribution is -2.14. The molecule has 0 bridgehead atoms. The largest absolute Gasteiger partial charge is 0.329 e. The van der Waals surface area contributed by atoms with E-state index in [0.717, 1.165) is 27.1 Å². The number of aromatic nitrogens is 1. The third-order valence-corrected chi connectivity index (χ3v) is 3.99. The summed E-state index contributed by atoms with van der Waals surface area (Å²) < 4.78 is 1.87. The maximum absolute atomic E-state index is 12.4. The van der Waals surface area contributed by atoms with Gasteiger partial charge in [-0.25, -0.2) is 0 Å². The second-order valence-electron chi connectivity index (χ2n) is 5.15. The lowest BCUT2D eigenvalue weighted by Gasteiger charge is -2.11. The molecule has 0 aliphatic carbocycles. The second-order valence-corrected chi connectivity index (χ2v) is 5.15. The van der Waals surface area contributed by atoms with E-state index >= 15 is 0 Å². The monoisotopic (exact) mass is 274 g/mol. The molecule has 0 unspecified atom stereocenters. The van der Waals surface area contributed by atoms with E-state index < -0.39 is 0 Å². The van der Waals surface area contributed by atoms with Gasteiger partial charge in [-0.1, -0.05) is 30.3 Å². The zero-order valence-corrected chi connectivity index (χ0v) is 11.6. The molecular formula is C18H14N2O. The molecule has 0 spiro atoms. The highest BCUT2D eigenvalue weighted by Crippen LogP contribution is 2.27. The minimum atomic E-state index is 0.0531. The lowest BCUT2D eigenvalue weighted by atomic mass is 10.00. The van der Waals surface area contributed by atoms with Crippen LogP contribution < -0.4 is 10.9 Å². The summed E-state index contributed by atoms with van der Waals surface area (Å²) in [5, 5.41) is 5.19. The Morgan fingerprint density at radius 2 is 1.67 bits per heavy atom. The molecule has 0 saturated carbocycles. The number of fused-ring (bicyclic) bond motifs is 4. The normalized spacial score (nSPS) is 11.3. The Kier molecular flexibility index (Phi) is 2.48. The summed E-state index contributed by atoms with van der Waals surface area (Å²) in [6.45, 7) is 0. The first-order chi connectivity index (χ1) is 10.3. The molecule has 4 rings (SSSR count). The Bertz CT molecular complexity index is 1050. The zero-order chi connectivity index (χ0) is 14.4. The molecule has 0 saturated heterocycles. The van der Waals surface area contributed by atoms with E-state index in [2.05, 4.69) is 35.8 Å². The second kappa shape index (κ2) is 4.35. The van der Waals surface area contributed by atoms with Crippen molar-refractivity contribution >= 4 is 32.4 Å². The number of benzene rings is 3.